The maximum Gasteiger partial charge on any atom is 0.158 e. The summed E-state index contributed by atoms with van der Waals surface area (Å²) in [6.07, 6.45) is 2.04. The molecule has 0 atom stereocenters. The molecule has 0 aliphatic carbocycles. The van der Waals surface area contributed by atoms with Crippen molar-refractivity contribution in [3.05, 3.63) is 158 Å². The molecule has 52 heavy (non-hydrogen) atoms. The molecule has 0 saturated carbocycles. The first-order valence-electron chi connectivity index (χ1n) is 17.1. The zero-order chi connectivity index (χ0) is 34.5. The van der Waals surface area contributed by atoms with E-state index in [0.717, 1.165) is 83.2 Å². The number of para-hydroxylation sites is 5. The summed E-state index contributed by atoms with van der Waals surface area (Å²) in [5.74, 6) is 7.91. The van der Waals surface area contributed by atoms with Crippen LogP contribution in [0, 0.1) is 12.1 Å². The second-order valence-corrected chi connectivity index (χ2v) is 24.3. The van der Waals surface area contributed by atoms with E-state index in [1.54, 1.807) is 0 Å². The first kappa shape index (κ1) is 33.9. The molecular weight excluding hydrogens is 879 g/mol. The zero-order valence-corrected chi connectivity index (χ0v) is 33.3. The molecule has 0 saturated heterocycles. The zero-order valence-electron chi connectivity index (χ0n) is 28.8. The van der Waals surface area contributed by atoms with Gasteiger partial charge in [-0.15, -0.1) is 18.2 Å². The molecule has 0 N–H and O–H groups in total. The van der Waals surface area contributed by atoms with Crippen LogP contribution in [0.25, 0.3) is 83.2 Å². The summed E-state index contributed by atoms with van der Waals surface area (Å²) >= 11 is -1.72. The normalized spacial score (nSPS) is 11.6. The van der Waals surface area contributed by atoms with E-state index in [-0.39, 0.29) is 20.1 Å². The Labute approximate surface area is 317 Å². The van der Waals surface area contributed by atoms with Gasteiger partial charge in [0.2, 0.25) is 0 Å². The molecule has 0 aliphatic heterocycles. The first-order chi connectivity index (χ1) is 24.9. The molecule has 255 valence electrons. The Kier molecular flexibility index (Phi) is 8.92. The number of benzene rings is 6. The van der Waals surface area contributed by atoms with Crippen LogP contribution in [-0.2, 0) is 20.1 Å². The van der Waals surface area contributed by atoms with Crippen molar-refractivity contribution in [2.24, 2.45) is 0 Å². The minimum Gasteiger partial charge on any atom is -0.501 e. The number of nitrogens with zero attached hydrogens (tertiary/aromatic N) is 3. The van der Waals surface area contributed by atoms with Crippen LogP contribution in [0.5, 0.6) is 0 Å². The molecule has 0 aliphatic rings. The Balaban J connectivity index is 0.000000193. The van der Waals surface area contributed by atoms with Crippen molar-refractivity contribution in [2.75, 3.05) is 0 Å². The molecule has 1 radical (unpaired) electrons. The number of pyridine rings is 1. The summed E-state index contributed by atoms with van der Waals surface area (Å²) in [5, 5.41) is 4.31. The van der Waals surface area contributed by atoms with Crippen molar-refractivity contribution in [3.63, 3.8) is 0 Å². The molecular formula is C45H33GeIrN3O2-2. The summed E-state index contributed by atoms with van der Waals surface area (Å²) in [7, 11) is 0. The monoisotopic (exact) mass is 914 g/mol. The number of fused-ring (bicyclic) bond motifs is 7. The Morgan fingerprint density at radius 1 is 0.596 bits per heavy atom. The molecule has 0 spiro atoms. The van der Waals surface area contributed by atoms with E-state index in [2.05, 4.69) is 93.5 Å². The number of imidazole rings is 1. The van der Waals surface area contributed by atoms with Gasteiger partial charge >= 0.3 is 99.8 Å². The third-order valence-corrected chi connectivity index (χ3v) is 13.6. The van der Waals surface area contributed by atoms with Crippen LogP contribution in [0.3, 0.4) is 0 Å². The summed E-state index contributed by atoms with van der Waals surface area (Å²) in [6, 6.07) is 53.6. The molecule has 5 nitrogen and oxygen atoms in total. The van der Waals surface area contributed by atoms with Crippen LogP contribution >= 0.6 is 0 Å². The van der Waals surface area contributed by atoms with Gasteiger partial charge in [0.05, 0.1) is 28.1 Å². The quantitative estimate of drug-likeness (QED) is 0.130. The molecule has 7 heteroatoms. The van der Waals surface area contributed by atoms with Gasteiger partial charge in [-0.2, -0.15) is 0 Å². The fourth-order valence-corrected chi connectivity index (χ4v) is 8.92. The van der Waals surface area contributed by atoms with Gasteiger partial charge in [0, 0.05) is 36.3 Å². The van der Waals surface area contributed by atoms with Crippen LogP contribution in [-0.4, -0.2) is 27.8 Å². The van der Waals surface area contributed by atoms with Crippen molar-refractivity contribution in [1.29, 1.82) is 0 Å². The van der Waals surface area contributed by atoms with E-state index in [1.165, 1.54) is 4.40 Å². The third kappa shape index (κ3) is 5.97. The fourth-order valence-electron chi connectivity index (χ4n) is 6.75. The van der Waals surface area contributed by atoms with E-state index in [0.29, 0.717) is 0 Å². The molecule has 0 bridgehead atoms. The molecule has 0 unspecified atom stereocenters. The topological polar surface area (TPSA) is 57.0 Å². The van der Waals surface area contributed by atoms with Crippen LogP contribution < -0.4 is 4.40 Å². The molecule has 4 aromatic heterocycles. The maximum atomic E-state index is 6.40. The van der Waals surface area contributed by atoms with Gasteiger partial charge in [-0.05, 0) is 30.3 Å². The predicted molar refractivity (Wildman–Crippen MR) is 211 cm³/mol. The summed E-state index contributed by atoms with van der Waals surface area (Å²) in [4.78, 5) is 9.60. The number of furan rings is 2. The van der Waals surface area contributed by atoms with E-state index >= 15 is 0 Å². The molecule has 0 amide bonds. The molecule has 6 aromatic carbocycles. The largest absolute Gasteiger partial charge is 0.501 e. The van der Waals surface area contributed by atoms with Gasteiger partial charge in [0.25, 0.3) is 0 Å². The summed E-state index contributed by atoms with van der Waals surface area (Å²) < 4.78 is 16.4. The molecule has 0 fully saturated rings. The van der Waals surface area contributed by atoms with E-state index in [9.17, 15) is 0 Å². The van der Waals surface area contributed by atoms with Crippen molar-refractivity contribution in [1.82, 2.24) is 14.5 Å². The van der Waals surface area contributed by atoms with Crippen LogP contribution in [0.15, 0.2) is 155 Å². The van der Waals surface area contributed by atoms with Crippen LogP contribution in [0.1, 0.15) is 0 Å². The number of hydrogen-bond acceptors (Lipinski definition) is 4. The summed E-state index contributed by atoms with van der Waals surface area (Å²) in [6.45, 7) is 0. The number of rotatable bonds is 4. The molecule has 10 rings (SSSR count). The minimum absolute atomic E-state index is 0. The van der Waals surface area contributed by atoms with E-state index in [1.807, 2.05) is 91.1 Å². The standard InChI is InChI=1S/C31H17N2O2.C14H16GeN.Ir/c1-5-17-27-19(9-1)21-11-7-13-23(29(21)34-27)31-32-24-14-3-4-15-25(24)33(31)26-16-8-12-22-20-10-2-6-18-28(20)35-30(22)26;1-15(2,3)13-9-10-14(16-11-13)12-7-5-4-6-8-12;/h1-12,14-18H;4-7,9-11H,1-3H3;/q2*-1;. The second-order valence-electron chi connectivity index (χ2n) is 13.7. The number of hydrogen-bond donors (Lipinski definition) is 0. The maximum absolute atomic E-state index is 6.40. The van der Waals surface area contributed by atoms with Crippen molar-refractivity contribution < 1.29 is 28.9 Å². The minimum atomic E-state index is -1.72. The van der Waals surface area contributed by atoms with Gasteiger partial charge in [-0.3, -0.25) is 4.98 Å². The van der Waals surface area contributed by atoms with E-state index in [4.69, 9.17) is 13.8 Å². The Bertz CT molecular complexity index is 2850. The smallest absolute Gasteiger partial charge is 0.158 e. The predicted octanol–water partition coefficient (Wildman–Crippen LogP) is 11.4. The second kappa shape index (κ2) is 13.7. The fraction of sp³-hybridized carbons (Fsp3) is 0.0667. The van der Waals surface area contributed by atoms with Crippen molar-refractivity contribution in [3.8, 4) is 28.3 Å². The SMILES string of the molecule is [CH3][Ge]([CH3])([CH3])[c]1ccc(-c2[c-]cccc2)nc1.[Ir].[c-]1ccc2c(oc3ccccc32)c1-c1nc2ccccc2n1-c1cccc2c1oc1ccccc12. The molecule has 10 aromatic rings. The van der Waals surface area contributed by atoms with Gasteiger partial charge in [-0.25, -0.2) is 0 Å². The Morgan fingerprint density at radius 3 is 1.98 bits per heavy atom. The average molecular weight is 913 g/mol. The van der Waals surface area contributed by atoms with Crippen LogP contribution in [0.2, 0.25) is 17.3 Å². The van der Waals surface area contributed by atoms with Gasteiger partial charge in [-0.1, -0.05) is 71.6 Å². The Hall–Kier alpha value is -5.27. The first-order valence-corrected chi connectivity index (χ1v) is 24.4. The average Bonchev–Trinajstić information content (AvgIpc) is 3.87. The van der Waals surface area contributed by atoms with Crippen LogP contribution in [0.4, 0.5) is 0 Å². The van der Waals surface area contributed by atoms with Gasteiger partial charge < -0.3 is 13.4 Å². The van der Waals surface area contributed by atoms with Gasteiger partial charge in [0.1, 0.15) is 11.2 Å². The van der Waals surface area contributed by atoms with Crippen molar-refractivity contribution in [2.45, 2.75) is 17.3 Å². The Morgan fingerprint density at radius 2 is 1.27 bits per heavy atom. The molecule has 4 heterocycles. The third-order valence-electron chi connectivity index (χ3n) is 9.36. The van der Waals surface area contributed by atoms with E-state index < -0.39 is 13.3 Å². The van der Waals surface area contributed by atoms with Gasteiger partial charge in [0.15, 0.2) is 5.58 Å². The summed E-state index contributed by atoms with van der Waals surface area (Å²) in [5.41, 5.74) is 9.06. The van der Waals surface area contributed by atoms with Crippen molar-refractivity contribution >= 4 is 72.6 Å². The number of aromatic nitrogens is 3.